The SMILES string of the molecule is CN(C(=O)c1cc(NC(=O)[C@@H]2[C@@H](c3ccc(C(F)F)c(Cl)c3)C2(Cl)Cl)ccc1Cl)c1ccc(F)cc1. The zero-order valence-corrected chi connectivity index (χ0v) is 21.4. The summed E-state index contributed by atoms with van der Waals surface area (Å²) in [6, 6.07) is 13.6. The summed E-state index contributed by atoms with van der Waals surface area (Å²) in [7, 11) is 1.51. The first kappa shape index (κ1) is 26.6. The van der Waals surface area contributed by atoms with Crippen LogP contribution in [0.4, 0.5) is 24.5 Å². The number of nitrogens with zero attached hydrogens (tertiary/aromatic N) is 1. The van der Waals surface area contributed by atoms with Crippen molar-refractivity contribution in [2.45, 2.75) is 16.7 Å². The Kier molecular flexibility index (Phi) is 7.49. The molecule has 1 saturated carbocycles. The second-order valence-corrected chi connectivity index (χ2v) is 10.5. The first-order chi connectivity index (χ1) is 16.9. The molecule has 1 N–H and O–H groups in total. The largest absolute Gasteiger partial charge is 0.326 e. The minimum Gasteiger partial charge on any atom is -0.326 e. The predicted molar refractivity (Wildman–Crippen MR) is 136 cm³/mol. The van der Waals surface area contributed by atoms with Crippen molar-refractivity contribution in [1.29, 1.82) is 0 Å². The predicted octanol–water partition coefficient (Wildman–Crippen LogP) is 7.87. The lowest BCUT2D eigenvalue weighted by molar-refractivity contribution is -0.117. The third-order valence-corrected chi connectivity index (χ3v) is 7.53. The molecule has 1 fully saturated rings. The summed E-state index contributed by atoms with van der Waals surface area (Å²) < 4.78 is 37.8. The average molecular weight is 576 g/mol. The molecule has 0 saturated heterocycles. The highest BCUT2D eigenvalue weighted by Gasteiger charge is 2.67. The fourth-order valence-corrected chi connectivity index (χ4v) is 5.23. The molecule has 11 heteroatoms. The molecule has 1 aliphatic rings. The summed E-state index contributed by atoms with van der Waals surface area (Å²) in [4.78, 5) is 27.3. The second kappa shape index (κ2) is 10.1. The van der Waals surface area contributed by atoms with E-state index in [1.54, 1.807) is 0 Å². The topological polar surface area (TPSA) is 49.4 Å². The van der Waals surface area contributed by atoms with Crippen molar-refractivity contribution in [2.75, 3.05) is 17.3 Å². The third-order valence-electron chi connectivity index (χ3n) is 5.94. The lowest BCUT2D eigenvalue weighted by Gasteiger charge is -2.18. The fraction of sp³-hybridized carbons (Fsp3) is 0.200. The lowest BCUT2D eigenvalue weighted by atomic mass is 10.1. The van der Waals surface area contributed by atoms with Gasteiger partial charge >= 0.3 is 0 Å². The van der Waals surface area contributed by atoms with Crippen LogP contribution in [0.5, 0.6) is 0 Å². The molecule has 2 amide bonds. The summed E-state index contributed by atoms with van der Waals surface area (Å²) in [5.74, 6) is -3.03. The van der Waals surface area contributed by atoms with Crippen LogP contribution in [-0.4, -0.2) is 23.2 Å². The van der Waals surface area contributed by atoms with Gasteiger partial charge in [0.25, 0.3) is 12.3 Å². The molecule has 0 aromatic heterocycles. The van der Waals surface area contributed by atoms with Crippen molar-refractivity contribution in [3.05, 3.63) is 93.2 Å². The number of alkyl halides is 4. The van der Waals surface area contributed by atoms with E-state index in [0.717, 1.165) is 0 Å². The normalized spacial score (nSPS) is 18.1. The zero-order chi connectivity index (χ0) is 26.4. The molecule has 4 nitrogen and oxygen atoms in total. The molecular weight excluding hydrogens is 559 g/mol. The molecule has 3 aromatic carbocycles. The number of carbonyl (C=O) groups excluding carboxylic acids is 2. The zero-order valence-electron chi connectivity index (χ0n) is 18.4. The van der Waals surface area contributed by atoms with Crippen molar-refractivity contribution in [3.63, 3.8) is 0 Å². The molecule has 0 radical (unpaired) electrons. The minimum atomic E-state index is -2.74. The molecule has 4 rings (SSSR count). The minimum absolute atomic E-state index is 0.103. The maximum absolute atomic E-state index is 13.2. The highest BCUT2D eigenvalue weighted by atomic mass is 35.5. The number of hydrogen-bond acceptors (Lipinski definition) is 2. The van der Waals surface area contributed by atoms with Crippen molar-refractivity contribution in [2.24, 2.45) is 5.92 Å². The van der Waals surface area contributed by atoms with Gasteiger partial charge in [-0.15, -0.1) is 23.2 Å². The first-order valence-electron chi connectivity index (χ1n) is 10.5. The molecule has 0 heterocycles. The van der Waals surface area contributed by atoms with Crippen LogP contribution in [0.2, 0.25) is 10.0 Å². The fourth-order valence-electron chi connectivity index (χ4n) is 3.93. The van der Waals surface area contributed by atoms with E-state index in [9.17, 15) is 22.8 Å². The van der Waals surface area contributed by atoms with E-state index < -0.39 is 40.2 Å². The highest BCUT2D eigenvalue weighted by Crippen LogP contribution is 2.65. The van der Waals surface area contributed by atoms with E-state index in [0.29, 0.717) is 11.3 Å². The Labute approximate surface area is 224 Å². The van der Waals surface area contributed by atoms with Gasteiger partial charge in [0.1, 0.15) is 10.2 Å². The van der Waals surface area contributed by atoms with E-state index in [2.05, 4.69) is 5.32 Å². The molecule has 2 atom stereocenters. The standard InChI is InChI=1S/C25H17Cl4F3N2O2/c1-34(15-6-3-13(30)4-7-15)24(36)17-11-14(5-9-18(17)26)33-23(35)21-20(25(21,28)29)12-2-8-16(22(31)32)19(27)10-12/h2-11,20-22H,1H3,(H,33,35)/t20-,21+/m1/s1. The van der Waals surface area contributed by atoms with E-state index >= 15 is 0 Å². The Morgan fingerprint density at radius 3 is 2.25 bits per heavy atom. The lowest BCUT2D eigenvalue weighted by Crippen LogP contribution is -2.26. The number of nitrogens with one attached hydrogen (secondary N) is 1. The molecule has 188 valence electrons. The Balaban J connectivity index is 1.52. The van der Waals surface area contributed by atoms with Crippen LogP contribution < -0.4 is 10.2 Å². The molecule has 0 unspecified atom stereocenters. The molecular formula is C25H17Cl4F3N2O2. The number of benzene rings is 3. The van der Waals surface area contributed by atoms with Crippen molar-refractivity contribution in [1.82, 2.24) is 0 Å². The van der Waals surface area contributed by atoms with Crippen LogP contribution in [0.3, 0.4) is 0 Å². The molecule has 36 heavy (non-hydrogen) atoms. The summed E-state index contributed by atoms with van der Waals surface area (Å²) in [6.45, 7) is 0. The van der Waals surface area contributed by atoms with Crippen LogP contribution in [0.15, 0.2) is 60.7 Å². The summed E-state index contributed by atoms with van der Waals surface area (Å²) >= 11 is 24.9. The van der Waals surface area contributed by atoms with E-state index in [-0.39, 0.29) is 26.9 Å². The van der Waals surface area contributed by atoms with Gasteiger partial charge in [-0.25, -0.2) is 13.2 Å². The van der Waals surface area contributed by atoms with Crippen molar-refractivity contribution in [3.8, 4) is 0 Å². The number of anilines is 2. The van der Waals surface area contributed by atoms with Crippen LogP contribution in [0.1, 0.15) is 33.8 Å². The van der Waals surface area contributed by atoms with Crippen LogP contribution >= 0.6 is 46.4 Å². The molecule has 1 aliphatic carbocycles. The van der Waals surface area contributed by atoms with Crippen molar-refractivity contribution >= 4 is 69.6 Å². The Morgan fingerprint density at radius 1 is 0.972 bits per heavy atom. The van der Waals surface area contributed by atoms with E-state index in [1.807, 2.05) is 0 Å². The Morgan fingerprint density at radius 2 is 1.64 bits per heavy atom. The summed E-state index contributed by atoms with van der Waals surface area (Å²) in [5, 5.41) is 2.67. The number of hydrogen-bond donors (Lipinski definition) is 1. The van der Waals surface area contributed by atoms with Gasteiger partial charge in [0, 0.05) is 34.9 Å². The number of amides is 2. The van der Waals surface area contributed by atoms with E-state index in [4.69, 9.17) is 46.4 Å². The van der Waals surface area contributed by atoms with Crippen LogP contribution in [0, 0.1) is 11.7 Å². The summed E-state index contributed by atoms with van der Waals surface area (Å²) in [6.07, 6.45) is -2.74. The highest BCUT2D eigenvalue weighted by molar-refractivity contribution is 6.53. The van der Waals surface area contributed by atoms with Gasteiger partial charge in [0.2, 0.25) is 5.91 Å². The van der Waals surface area contributed by atoms with Gasteiger partial charge in [-0.05, 0) is 54.1 Å². The van der Waals surface area contributed by atoms with Gasteiger partial charge in [-0.2, -0.15) is 0 Å². The van der Waals surface area contributed by atoms with Gasteiger partial charge in [-0.3, -0.25) is 9.59 Å². The quantitative estimate of drug-likeness (QED) is 0.304. The van der Waals surface area contributed by atoms with E-state index in [1.165, 1.54) is 72.6 Å². The van der Waals surface area contributed by atoms with Gasteiger partial charge in [-0.1, -0.05) is 35.3 Å². The van der Waals surface area contributed by atoms with Gasteiger partial charge < -0.3 is 10.2 Å². The van der Waals surface area contributed by atoms with Crippen LogP contribution in [-0.2, 0) is 4.79 Å². The van der Waals surface area contributed by atoms with Gasteiger partial charge in [0.05, 0.1) is 16.5 Å². The third kappa shape index (κ3) is 5.16. The van der Waals surface area contributed by atoms with Crippen LogP contribution in [0.25, 0.3) is 0 Å². The van der Waals surface area contributed by atoms with Gasteiger partial charge in [0.15, 0.2) is 0 Å². The van der Waals surface area contributed by atoms with Crippen molar-refractivity contribution < 1.29 is 22.8 Å². The number of halogens is 7. The first-order valence-corrected chi connectivity index (χ1v) is 12.0. The Hall–Kier alpha value is -2.45. The monoisotopic (exact) mass is 574 g/mol. The molecule has 3 aromatic rings. The molecule has 0 aliphatic heterocycles. The maximum Gasteiger partial charge on any atom is 0.265 e. The summed E-state index contributed by atoms with van der Waals surface area (Å²) in [5.41, 5.74) is 0.925. The smallest absolute Gasteiger partial charge is 0.265 e. The average Bonchev–Trinajstić information content (AvgIpc) is 3.41. The Bertz CT molecular complexity index is 1340. The number of carbonyl (C=O) groups is 2. The molecule has 0 bridgehead atoms. The number of rotatable bonds is 6. The maximum atomic E-state index is 13.2. The second-order valence-electron chi connectivity index (χ2n) is 8.24. The molecule has 0 spiro atoms.